The highest BCUT2D eigenvalue weighted by Crippen LogP contribution is 2.44. The third-order valence-corrected chi connectivity index (χ3v) is 6.32. The number of aromatic nitrogens is 4. The number of carbonyl (C=O) groups excluding carboxylic acids is 1. The van der Waals surface area contributed by atoms with Crippen LogP contribution in [-0.2, 0) is 12.8 Å². The molecule has 1 aliphatic rings. The third-order valence-electron chi connectivity index (χ3n) is 5.15. The number of carbonyl (C=O) groups is 1. The highest BCUT2D eigenvalue weighted by atomic mass is 32.1. The monoisotopic (exact) mass is 380 g/mol. The van der Waals surface area contributed by atoms with Crippen molar-refractivity contribution >= 4 is 28.0 Å². The molecule has 0 bridgehead atoms. The van der Waals surface area contributed by atoms with Crippen molar-refractivity contribution in [2.24, 2.45) is 11.3 Å². The van der Waals surface area contributed by atoms with Gasteiger partial charge in [0.25, 0.3) is 11.7 Å². The van der Waals surface area contributed by atoms with Gasteiger partial charge in [0.15, 0.2) is 0 Å². The van der Waals surface area contributed by atoms with Crippen LogP contribution in [0.15, 0.2) is 18.5 Å². The van der Waals surface area contributed by atoms with E-state index >= 15 is 0 Å². The van der Waals surface area contributed by atoms with E-state index in [0.717, 1.165) is 24.8 Å². The van der Waals surface area contributed by atoms with E-state index in [0.29, 0.717) is 22.3 Å². The predicted octanol–water partition coefficient (Wildman–Crippen LogP) is 3.46. The summed E-state index contributed by atoms with van der Waals surface area (Å²) >= 11 is 1.50. The Morgan fingerprint density at radius 3 is 2.96 bits per heavy atom. The number of hydrogen-bond donors (Lipinski definition) is 1. The Kier molecular flexibility index (Phi) is 4.19. The van der Waals surface area contributed by atoms with E-state index in [1.54, 1.807) is 18.5 Å². The minimum Gasteiger partial charge on any atom is -0.310 e. The first-order valence-corrected chi connectivity index (χ1v) is 9.72. The first-order valence-electron chi connectivity index (χ1n) is 8.90. The molecule has 27 heavy (non-hydrogen) atoms. The predicted molar refractivity (Wildman–Crippen MR) is 103 cm³/mol. The molecule has 1 atom stereocenters. The zero-order chi connectivity index (χ0) is 19.2. The SMILES string of the molecule is CC(C)(C)C1CCc2c(sc(NC(=O)c3nc4ncccn4n3)c2C#N)C1. The molecule has 0 aliphatic heterocycles. The smallest absolute Gasteiger partial charge is 0.296 e. The van der Waals surface area contributed by atoms with E-state index in [1.807, 2.05) is 0 Å². The molecule has 1 amide bonds. The molecule has 8 heteroatoms. The number of rotatable bonds is 2. The Labute approximate surface area is 161 Å². The second-order valence-electron chi connectivity index (χ2n) is 7.88. The summed E-state index contributed by atoms with van der Waals surface area (Å²) in [5.41, 5.74) is 1.89. The molecule has 1 aliphatic carbocycles. The Hall–Kier alpha value is -2.79. The minimum atomic E-state index is -0.428. The number of nitriles is 1. The van der Waals surface area contributed by atoms with Crippen molar-refractivity contribution in [2.75, 3.05) is 5.32 Å². The second-order valence-corrected chi connectivity index (χ2v) is 8.98. The average Bonchev–Trinajstić information content (AvgIpc) is 3.20. The van der Waals surface area contributed by atoms with Crippen molar-refractivity contribution in [3.05, 3.63) is 40.3 Å². The molecule has 1 unspecified atom stereocenters. The molecular formula is C19H20N6OS. The third kappa shape index (κ3) is 3.19. The number of amides is 1. The molecule has 4 rings (SSSR count). The van der Waals surface area contributed by atoms with E-state index in [-0.39, 0.29) is 11.2 Å². The summed E-state index contributed by atoms with van der Waals surface area (Å²) in [6, 6.07) is 4.00. The lowest BCUT2D eigenvalue weighted by Crippen LogP contribution is -2.26. The van der Waals surface area contributed by atoms with Gasteiger partial charge >= 0.3 is 0 Å². The number of nitrogens with zero attached hydrogens (tertiary/aromatic N) is 5. The van der Waals surface area contributed by atoms with Gasteiger partial charge in [0.05, 0.1) is 5.56 Å². The van der Waals surface area contributed by atoms with Crippen molar-refractivity contribution < 1.29 is 4.79 Å². The van der Waals surface area contributed by atoms with Crippen molar-refractivity contribution in [3.8, 4) is 6.07 Å². The molecule has 3 heterocycles. The Morgan fingerprint density at radius 1 is 1.44 bits per heavy atom. The molecule has 0 fully saturated rings. The largest absolute Gasteiger partial charge is 0.310 e. The van der Waals surface area contributed by atoms with Gasteiger partial charge in [0, 0.05) is 17.3 Å². The maximum Gasteiger partial charge on any atom is 0.296 e. The van der Waals surface area contributed by atoms with Gasteiger partial charge in [-0.3, -0.25) is 4.79 Å². The maximum absolute atomic E-state index is 12.6. The van der Waals surface area contributed by atoms with Gasteiger partial charge in [-0.25, -0.2) is 9.50 Å². The summed E-state index contributed by atoms with van der Waals surface area (Å²) in [6.45, 7) is 6.77. The topological polar surface area (TPSA) is 96.0 Å². The van der Waals surface area contributed by atoms with Gasteiger partial charge in [-0.05, 0) is 42.2 Å². The lowest BCUT2D eigenvalue weighted by atomic mass is 9.72. The summed E-state index contributed by atoms with van der Waals surface area (Å²) < 4.78 is 1.45. The van der Waals surface area contributed by atoms with Crippen LogP contribution < -0.4 is 5.32 Å². The van der Waals surface area contributed by atoms with Crippen molar-refractivity contribution in [1.82, 2.24) is 19.6 Å². The van der Waals surface area contributed by atoms with Crippen LogP contribution in [0.1, 0.15) is 53.8 Å². The molecule has 0 saturated carbocycles. The zero-order valence-corrected chi connectivity index (χ0v) is 16.3. The molecule has 0 radical (unpaired) electrons. The van der Waals surface area contributed by atoms with Gasteiger partial charge in [-0.15, -0.1) is 16.4 Å². The van der Waals surface area contributed by atoms with Gasteiger partial charge in [0.1, 0.15) is 11.1 Å². The van der Waals surface area contributed by atoms with E-state index in [2.05, 4.69) is 47.2 Å². The lowest BCUT2D eigenvalue weighted by Gasteiger charge is -2.33. The van der Waals surface area contributed by atoms with Crippen molar-refractivity contribution in [1.29, 1.82) is 5.26 Å². The van der Waals surface area contributed by atoms with Crippen LogP contribution in [-0.4, -0.2) is 25.5 Å². The normalized spacial score (nSPS) is 16.7. The molecule has 0 aromatic carbocycles. The molecule has 1 N–H and O–H groups in total. The molecule has 0 spiro atoms. The number of fused-ring (bicyclic) bond motifs is 2. The summed E-state index contributed by atoms with van der Waals surface area (Å²) in [5, 5.41) is 17.2. The van der Waals surface area contributed by atoms with Gasteiger partial charge in [0.2, 0.25) is 5.82 Å². The first kappa shape index (κ1) is 17.6. The fourth-order valence-electron chi connectivity index (χ4n) is 3.52. The Morgan fingerprint density at radius 2 is 2.26 bits per heavy atom. The van der Waals surface area contributed by atoms with Crippen LogP contribution in [0, 0.1) is 22.7 Å². The van der Waals surface area contributed by atoms with Crippen LogP contribution >= 0.6 is 11.3 Å². The van der Waals surface area contributed by atoms with E-state index in [9.17, 15) is 10.1 Å². The van der Waals surface area contributed by atoms with Gasteiger partial charge < -0.3 is 5.32 Å². The molecule has 0 saturated heterocycles. The van der Waals surface area contributed by atoms with Crippen LogP contribution in [0.5, 0.6) is 0 Å². The molecule has 138 valence electrons. The van der Waals surface area contributed by atoms with Crippen LogP contribution in [0.2, 0.25) is 0 Å². The first-order chi connectivity index (χ1) is 12.9. The Balaban J connectivity index is 1.62. The molecule has 3 aromatic heterocycles. The number of anilines is 1. The molecule has 3 aromatic rings. The number of thiophene rings is 1. The maximum atomic E-state index is 12.6. The number of hydrogen-bond acceptors (Lipinski definition) is 6. The van der Waals surface area contributed by atoms with Crippen LogP contribution in [0.25, 0.3) is 5.78 Å². The van der Waals surface area contributed by atoms with E-state index in [1.165, 1.54) is 20.7 Å². The van der Waals surface area contributed by atoms with E-state index in [4.69, 9.17) is 0 Å². The average molecular weight is 380 g/mol. The van der Waals surface area contributed by atoms with Gasteiger partial charge in [-0.1, -0.05) is 20.8 Å². The minimum absolute atomic E-state index is 0.0385. The molecule has 7 nitrogen and oxygen atoms in total. The summed E-state index contributed by atoms with van der Waals surface area (Å²) in [6.07, 6.45) is 6.17. The lowest BCUT2D eigenvalue weighted by molar-refractivity contribution is 0.101. The Bertz CT molecular complexity index is 1040. The fourth-order valence-corrected chi connectivity index (χ4v) is 4.79. The fraction of sp³-hybridized carbons (Fsp3) is 0.421. The standard InChI is InChI=1S/C19H20N6OS/c1-19(2,3)11-5-6-12-13(10-20)17(27-14(12)9-11)23-16(26)15-22-18-21-7-4-8-25(18)24-15/h4,7-8,11H,5-6,9H2,1-3H3,(H,23,26). The quantitative estimate of drug-likeness (QED) is 0.734. The highest BCUT2D eigenvalue weighted by Gasteiger charge is 2.32. The zero-order valence-electron chi connectivity index (χ0n) is 15.5. The van der Waals surface area contributed by atoms with Crippen molar-refractivity contribution in [2.45, 2.75) is 40.0 Å². The second kappa shape index (κ2) is 6.43. The summed E-state index contributed by atoms with van der Waals surface area (Å²) in [5.74, 6) is 0.547. The van der Waals surface area contributed by atoms with E-state index < -0.39 is 5.91 Å². The van der Waals surface area contributed by atoms with Crippen molar-refractivity contribution in [3.63, 3.8) is 0 Å². The van der Waals surface area contributed by atoms with Crippen LogP contribution in [0.3, 0.4) is 0 Å². The summed E-state index contributed by atoms with van der Waals surface area (Å²) in [4.78, 5) is 22.0. The number of nitrogens with one attached hydrogen (secondary N) is 1. The summed E-state index contributed by atoms with van der Waals surface area (Å²) in [7, 11) is 0. The molecular weight excluding hydrogens is 360 g/mol. The van der Waals surface area contributed by atoms with Gasteiger partial charge in [-0.2, -0.15) is 10.2 Å². The van der Waals surface area contributed by atoms with Crippen LogP contribution in [0.4, 0.5) is 5.00 Å². The highest BCUT2D eigenvalue weighted by molar-refractivity contribution is 7.16.